The third-order valence-electron chi connectivity index (χ3n) is 5.13. The molecular formula is C23H32N4O4S. The van der Waals surface area contributed by atoms with Gasteiger partial charge in [-0.15, -0.1) is 0 Å². The van der Waals surface area contributed by atoms with Crippen molar-refractivity contribution in [2.45, 2.75) is 42.6 Å². The molecule has 1 aromatic heterocycles. The molecule has 0 amide bonds. The molecule has 0 radical (unpaired) electrons. The molecule has 1 aliphatic heterocycles. The van der Waals surface area contributed by atoms with Gasteiger partial charge in [0, 0.05) is 31.1 Å². The molecule has 3 rings (SSSR count). The summed E-state index contributed by atoms with van der Waals surface area (Å²) in [5.41, 5.74) is 0. The van der Waals surface area contributed by atoms with Crippen molar-refractivity contribution in [2.75, 3.05) is 51.8 Å². The number of benzene rings is 1. The zero-order chi connectivity index (χ0) is 22.9. The summed E-state index contributed by atoms with van der Waals surface area (Å²) in [4.78, 5) is 27.3. The topological polar surface area (TPSA) is 77.0 Å². The van der Waals surface area contributed by atoms with Gasteiger partial charge in [-0.25, -0.2) is 9.78 Å². The van der Waals surface area contributed by atoms with Gasteiger partial charge >= 0.3 is 5.97 Å². The van der Waals surface area contributed by atoms with E-state index in [-0.39, 0.29) is 0 Å². The quantitative estimate of drug-likeness (QED) is 0.391. The number of hydrogen-bond acceptors (Lipinski definition) is 9. The van der Waals surface area contributed by atoms with E-state index in [0.29, 0.717) is 18.2 Å². The van der Waals surface area contributed by atoms with Gasteiger partial charge in [0.2, 0.25) is 11.8 Å². The maximum Gasteiger partial charge on any atom is 0.346 e. The maximum atomic E-state index is 11.5. The van der Waals surface area contributed by atoms with E-state index < -0.39 is 12.1 Å². The van der Waals surface area contributed by atoms with Crippen LogP contribution in [0.1, 0.15) is 26.7 Å². The lowest BCUT2D eigenvalue weighted by atomic mass is 10.3. The van der Waals surface area contributed by atoms with Gasteiger partial charge in [-0.1, -0.05) is 25.1 Å². The summed E-state index contributed by atoms with van der Waals surface area (Å²) < 4.78 is 16.3. The number of unbranched alkanes of at least 4 members (excludes halogenated alkanes) is 1. The van der Waals surface area contributed by atoms with Crippen LogP contribution in [0.5, 0.6) is 11.6 Å². The van der Waals surface area contributed by atoms with Gasteiger partial charge in [-0.05, 0) is 44.7 Å². The summed E-state index contributed by atoms with van der Waals surface area (Å²) in [6, 6.07) is 7.54. The molecule has 0 bridgehead atoms. The number of likely N-dealkylation sites (N-methyl/N-ethyl adjacent to an activating group) is 1. The van der Waals surface area contributed by atoms with Gasteiger partial charge in [0.1, 0.15) is 5.75 Å². The predicted molar refractivity (Wildman–Crippen MR) is 125 cm³/mol. The van der Waals surface area contributed by atoms with E-state index in [2.05, 4.69) is 28.8 Å². The number of carbonyl (C=O) groups excluding carboxylic acids is 1. The molecule has 1 unspecified atom stereocenters. The van der Waals surface area contributed by atoms with Crippen LogP contribution >= 0.6 is 11.8 Å². The number of nitrogens with zero attached hydrogens (tertiary/aromatic N) is 4. The zero-order valence-electron chi connectivity index (χ0n) is 19.2. The van der Waals surface area contributed by atoms with Gasteiger partial charge in [0.15, 0.2) is 6.10 Å². The minimum atomic E-state index is -0.660. The summed E-state index contributed by atoms with van der Waals surface area (Å²) in [7, 11) is 3.48. The van der Waals surface area contributed by atoms with Crippen molar-refractivity contribution in [2.24, 2.45) is 0 Å². The van der Waals surface area contributed by atoms with Gasteiger partial charge in [0.25, 0.3) is 0 Å². The molecule has 1 saturated heterocycles. The van der Waals surface area contributed by atoms with E-state index in [1.807, 2.05) is 30.5 Å². The first-order valence-electron chi connectivity index (χ1n) is 11.0. The molecule has 9 heteroatoms. The molecular weight excluding hydrogens is 428 g/mol. The Morgan fingerprint density at radius 3 is 2.56 bits per heavy atom. The maximum absolute atomic E-state index is 11.5. The Morgan fingerprint density at radius 1 is 1.19 bits per heavy atom. The molecule has 1 fully saturated rings. The molecule has 2 aromatic rings. The van der Waals surface area contributed by atoms with Crippen LogP contribution in [0.25, 0.3) is 0 Å². The zero-order valence-corrected chi connectivity index (χ0v) is 20.1. The van der Waals surface area contributed by atoms with Gasteiger partial charge in [-0.3, -0.25) is 0 Å². The highest BCUT2D eigenvalue weighted by molar-refractivity contribution is 7.99. The number of piperazine rings is 1. The van der Waals surface area contributed by atoms with Crippen LogP contribution in [0.15, 0.2) is 40.3 Å². The summed E-state index contributed by atoms with van der Waals surface area (Å²) >= 11 is 1.54. The van der Waals surface area contributed by atoms with Crippen molar-refractivity contribution < 1.29 is 19.0 Å². The lowest BCUT2D eigenvalue weighted by Gasteiger charge is -2.32. The van der Waals surface area contributed by atoms with Crippen LogP contribution in [-0.4, -0.2) is 73.9 Å². The summed E-state index contributed by atoms with van der Waals surface area (Å²) in [5, 5.41) is 0. The number of methoxy groups -OCH3 is 1. The van der Waals surface area contributed by atoms with Crippen molar-refractivity contribution in [3.8, 4) is 11.6 Å². The van der Waals surface area contributed by atoms with Crippen LogP contribution in [-0.2, 0) is 9.53 Å². The fraction of sp³-hybridized carbons (Fsp3) is 0.522. The molecule has 0 aliphatic carbocycles. The van der Waals surface area contributed by atoms with Crippen LogP contribution in [0.4, 0.5) is 5.95 Å². The molecule has 2 heterocycles. The van der Waals surface area contributed by atoms with Crippen molar-refractivity contribution in [3.63, 3.8) is 0 Å². The number of rotatable bonds is 10. The summed E-state index contributed by atoms with van der Waals surface area (Å²) in [6.07, 6.45) is 3.22. The molecule has 0 saturated carbocycles. The normalized spacial score (nSPS) is 15.3. The molecule has 32 heavy (non-hydrogen) atoms. The highest BCUT2D eigenvalue weighted by Gasteiger charge is 2.19. The van der Waals surface area contributed by atoms with Crippen molar-refractivity contribution in [1.82, 2.24) is 14.9 Å². The van der Waals surface area contributed by atoms with Crippen LogP contribution in [0.3, 0.4) is 0 Å². The van der Waals surface area contributed by atoms with E-state index >= 15 is 0 Å². The van der Waals surface area contributed by atoms with E-state index in [0.717, 1.165) is 54.8 Å². The van der Waals surface area contributed by atoms with Gasteiger partial charge in [0.05, 0.1) is 24.8 Å². The second-order valence-electron chi connectivity index (χ2n) is 7.69. The fourth-order valence-corrected chi connectivity index (χ4v) is 3.95. The Morgan fingerprint density at radius 2 is 1.91 bits per heavy atom. The van der Waals surface area contributed by atoms with Crippen LogP contribution in [0, 0.1) is 0 Å². The van der Waals surface area contributed by atoms with Crippen molar-refractivity contribution in [3.05, 3.63) is 30.5 Å². The molecule has 0 spiro atoms. The van der Waals surface area contributed by atoms with Gasteiger partial charge < -0.3 is 24.0 Å². The van der Waals surface area contributed by atoms with Gasteiger partial charge in [-0.2, -0.15) is 4.98 Å². The monoisotopic (exact) mass is 460 g/mol. The van der Waals surface area contributed by atoms with E-state index in [4.69, 9.17) is 19.2 Å². The first-order valence-corrected chi connectivity index (χ1v) is 11.8. The average Bonchev–Trinajstić information content (AvgIpc) is 2.81. The SMILES string of the molecule is CCCCOc1nc(N2CCN(C)CC2)ncc1Sc1ccc(OC(C)C(=O)OC)cc1. The Balaban J connectivity index is 1.71. The minimum absolute atomic E-state index is 0.407. The number of anilines is 1. The number of carbonyl (C=O) groups is 1. The second kappa shape index (κ2) is 11.9. The third kappa shape index (κ3) is 6.74. The lowest BCUT2D eigenvalue weighted by molar-refractivity contribution is -0.147. The number of esters is 1. The van der Waals surface area contributed by atoms with Crippen LogP contribution < -0.4 is 14.4 Å². The molecule has 1 aliphatic rings. The summed E-state index contributed by atoms with van der Waals surface area (Å²) in [6.45, 7) is 8.23. The molecule has 8 nitrogen and oxygen atoms in total. The smallest absolute Gasteiger partial charge is 0.346 e. The number of hydrogen-bond donors (Lipinski definition) is 0. The fourth-order valence-electron chi connectivity index (χ4n) is 3.12. The Labute approximate surface area is 194 Å². The van der Waals surface area contributed by atoms with Crippen molar-refractivity contribution in [1.29, 1.82) is 0 Å². The largest absolute Gasteiger partial charge is 0.479 e. The second-order valence-corrected chi connectivity index (χ2v) is 8.80. The lowest BCUT2D eigenvalue weighted by Crippen LogP contribution is -2.45. The number of ether oxygens (including phenoxy) is 3. The predicted octanol–water partition coefficient (Wildman–Crippen LogP) is 3.50. The molecule has 1 aromatic carbocycles. The average molecular weight is 461 g/mol. The Bertz CT molecular complexity index is 873. The number of aromatic nitrogens is 2. The standard InChI is InChI=1S/C23H32N4O4S/c1-5-6-15-30-21-20(16-24-23(25-21)27-13-11-26(3)12-14-27)32-19-9-7-18(8-10-19)31-17(2)22(28)29-4/h7-10,16-17H,5-6,11-15H2,1-4H3. The highest BCUT2D eigenvalue weighted by Crippen LogP contribution is 2.35. The Hall–Kier alpha value is -2.52. The first-order chi connectivity index (χ1) is 15.5. The minimum Gasteiger partial charge on any atom is -0.479 e. The van der Waals surface area contributed by atoms with E-state index in [1.165, 1.54) is 7.11 Å². The van der Waals surface area contributed by atoms with Crippen LogP contribution in [0.2, 0.25) is 0 Å². The molecule has 0 N–H and O–H groups in total. The summed E-state index contributed by atoms with van der Waals surface area (Å²) in [5.74, 6) is 1.53. The van der Waals surface area contributed by atoms with E-state index in [9.17, 15) is 4.79 Å². The molecule has 1 atom stereocenters. The third-order valence-corrected chi connectivity index (χ3v) is 6.14. The van der Waals surface area contributed by atoms with Crippen molar-refractivity contribution >= 4 is 23.7 Å². The molecule has 174 valence electrons. The first kappa shape index (κ1) is 24.1. The van der Waals surface area contributed by atoms with E-state index in [1.54, 1.807) is 18.7 Å². The Kier molecular flexibility index (Phi) is 8.99. The highest BCUT2D eigenvalue weighted by atomic mass is 32.2.